The molecule has 0 bridgehead atoms. The van der Waals surface area contributed by atoms with Crippen molar-refractivity contribution >= 4 is 25.0 Å². The maximum absolute atomic E-state index is 14.0. The zero-order valence-corrected chi connectivity index (χ0v) is 16.4. The summed E-state index contributed by atoms with van der Waals surface area (Å²) in [6.45, 7) is 4.35. The van der Waals surface area contributed by atoms with Gasteiger partial charge in [-0.05, 0) is 23.8 Å². The van der Waals surface area contributed by atoms with Gasteiger partial charge in [0.15, 0.2) is 0 Å². The Labute approximate surface area is 154 Å². The monoisotopic (exact) mass is 366 g/mol. The van der Waals surface area contributed by atoms with E-state index < -0.39 is 7.44 Å². The van der Waals surface area contributed by atoms with Crippen LogP contribution in [0.25, 0.3) is 0 Å². The number of hydrogen-bond acceptors (Lipinski definition) is 3. The number of para-hydroxylation sites is 2. The Morgan fingerprint density at radius 3 is 2.35 bits per heavy atom. The topological polar surface area (TPSA) is 47.9 Å². The summed E-state index contributed by atoms with van der Waals surface area (Å²) >= 11 is 0. The Morgan fingerprint density at radius 2 is 1.65 bits per heavy atom. The van der Waals surface area contributed by atoms with E-state index >= 15 is 0 Å². The van der Waals surface area contributed by atoms with Crippen LogP contribution in [0.1, 0.15) is 19.4 Å². The molecule has 1 N–H and O–H groups in total. The number of fused-ring (bicyclic) bond motifs is 1. The van der Waals surface area contributed by atoms with Crippen molar-refractivity contribution in [2.75, 3.05) is 24.1 Å². The molecule has 0 spiro atoms. The molecule has 0 amide bonds. The minimum atomic E-state index is -3.09. The molecular formula is C20H23N4OP. The number of benzene rings is 2. The highest BCUT2D eigenvalue weighted by Gasteiger charge is 2.47. The fraction of sp³-hybridized carbons (Fsp3) is 0.250. The first-order chi connectivity index (χ1) is 12.4. The van der Waals surface area contributed by atoms with Crippen LogP contribution in [0.2, 0.25) is 0 Å². The first-order valence-corrected chi connectivity index (χ1v) is 10.3. The van der Waals surface area contributed by atoms with E-state index in [1.165, 1.54) is 5.56 Å². The van der Waals surface area contributed by atoms with Gasteiger partial charge in [-0.15, -0.1) is 0 Å². The summed E-state index contributed by atoms with van der Waals surface area (Å²) in [6, 6.07) is 18.0. The molecule has 6 heteroatoms. The van der Waals surface area contributed by atoms with Crippen molar-refractivity contribution in [2.45, 2.75) is 19.3 Å². The molecule has 0 unspecified atom stereocenters. The summed E-state index contributed by atoms with van der Waals surface area (Å²) in [5.74, 6) is 0. The lowest BCUT2D eigenvalue weighted by Gasteiger charge is -2.30. The van der Waals surface area contributed by atoms with Crippen LogP contribution >= 0.6 is 7.44 Å². The molecule has 134 valence electrons. The van der Waals surface area contributed by atoms with Crippen LogP contribution in [0.5, 0.6) is 0 Å². The molecule has 0 aliphatic carbocycles. The smallest absolute Gasteiger partial charge is 0.308 e. The van der Waals surface area contributed by atoms with Gasteiger partial charge in [-0.1, -0.05) is 50.2 Å². The zero-order chi connectivity index (χ0) is 18.5. The molecule has 0 aromatic heterocycles. The van der Waals surface area contributed by atoms with Gasteiger partial charge in [-0.25, -0.2) is 4.78 Å². The average molecular weight is 366 g/mol. The maximum atomic E-state index is 14.0. The molecule has 2 aromatic carbocycles. The van der Waals surface area contributed by atoms with Gasteiger partial charge in [-0.2, -0.15) is 5.10 Å². The fourth-order valence-corrected chi connectivity index (χ4v) is 6.12. The minimum absolute atomic E-state index is 0.258. The first-order valence-electron chi connectivity index (χ1n) is 8.66. The standard InChI is InChI=1S/C20H23N4OP/c1-20(2)16-12-8-9-13-17(16)23(3)19(20)18-14-21-24(4)26(18,25)22-15-10-6-5-7-11-15/h5-14H,1-4H3,(H,22,25)/b19-18+/t26-/m0/s1. The van der Waals surface area contributed by atoms with E-state index in [1.54, 1.807) is 18.0 Å². The maximum Gasteiger partial charge on any atom is 0.308 e. The van der Waals surface area contributed by atoms with Gasteiger partial charge in [0.1, 0.15) is 0 Å². The van der Waals surface area contributed by atoms with Gasteiger partial charge in [-0.3, -0.25) is 4.57 Å². The third-order valence-electron chi connectivity index (χ3n) is 5.24. The number of anilines is 2. The largest absolute Gasteiger partial charge is 0.346 e. The Hall–Kier alpha value is -2.52. The minimum Gasteiger partial charge on any atom is -0.346 e. The summed E-state index contributed by atoms with van der Waals surface area (Å²) in [5, 5.41) is 8.38. The number of allylic oxidation sites excluding steroid dienone is 2. The Balaban J connectivity index is 1.88. The summed E-state index contributed by atoms with van der Waals surface area (Å²) in [6.07, 6.45) is 1.75. The Morgan fingerprint density at radius 1 is 1.00 bits per heavy atom. The van der Waals surface area contributed by atoms with Crippen LogP contribution in [0.3, 0.4) is 0 Å². The highest BCUT2D eigenvalue weighted by molar-refractivity contribution is 7.68. The second-order valence-electron chi connectivity index (χ2n) is 7.22. The van der Waals surface area contributed by atoms with Gasteiger partial charge in [0.05, 0.1) is 11.5 Å². The Kier molecular flexibility index (Phi) is 3.74. The van der Waals surface area contributed by atoms with Crippen LogP contribution in [0.4, 0.5) is 11.4 Å². The number of nitrogens with zero attached hydrogens (tertiary/aromatic N) is 3. The SMILES string of the molecule is CN1/C(=C2\C=NN(C)[P@@]2(=O)Nc2ccccc2)C(C)(C)c2ccccc21. The quantitative estimate of drug-likeness (QED) is 0.771. The van der Waals surface area contributed by atoms with Gasteiger partial charge in [0, 0.05) is 36.6 Å². The first kappa shape index (κ1) is 16.9. The molecule has 2 aromatic rings. The van der Waals surface area contributed by atoms with Gasteiger partial charge >= 0.3 is 7.44 Å². The summed E-state index contributed by atoms with van der Waals surface area (Å²) in [4.78, 5) is 2.15. The number of likely N-dealkylation sites (N-methyl/N-ethyl adjacent to an activating group) is 1. The Bertz CT molecular complexity index is 965. The molecule has 26 heavy (non-hydrogen) atoms. The number of hydrazone groups is 1. The van der Waals surface area contributed by atoms with E-state index in [2.05, 4.69) is 47.1 Å². The normalized spacial score (nSPS) is 26.3. The summed E-state index contributed by atoms with van der Waals surface area (Å²) in [7, 11) is 0.707. The lowest BCUT2D eigenvalue weighted by Crippen LogP contribution is -2.26. The molecule has 0 fully saturated rings. The fourth-order valence-electron chi connectivity index (χ4n) is 3.92. The van der Waals surface area contributed by atoms with Crippen molar-refractivity contribution in [3.05, 3.63) is 71.2 Å². The molecule has 4 rings (SSSR count). The molecule has 0 saturated carbocycles. The molecule has 1 atom stereocenters. The number of rotatable bonds is 2. The van der Waals surface area contributed by atoms with Crippen molar-refractivity contribution in [3.8, 4) is 0 Å². The highest BCUT2D eigenvalue weighted by Crippen LogP contribution is 2.63. The van der Waals surface area contributed by atoms with Crippen LogP contribution in [-0.2, 0) is 9.98 Å². The lowest BCUT2D eigenvalue weighted by atomic mass is 9.84. The highest BCUT2D eigenvalue weighted by atomic mass is 31.2. The van der Waals surface area contributed by atoms with E-state index in [0.717, 1.165) is 22.4 Å². The second kappa shape index (κ2) is 5.75. The number of nitrogens with one attached hydrogen (secondary N) is 1. The average Bonchev–Trinajstić information content (AvgIpc) is 3.01. The molecular weight excluding hydrogens is 343 g/mol. The van der Waals surface area contributed by atoms with Gasteiger partial charge in [0.2, 0.25) is 0 Å². The van der Waals surface area contributed by atoms with Crippen molar-refractivity contribution in [3.63, 3.8) is 0 Å². The van der Waals surface area contributed by atoms with E-state index in [-0.39, 0.29) is 5.41 Å². The van der Waals surface area contributed by atoms with E-state index in [0.29, 0.717) is 0 Å². The molecule has 0 radical (unpaired) electrons. The van der Waals surface area contributed by atoms with Crippen molar-refractivity contribution in [2.24, 2.45) is 5.10 Å². The molecule has 2 aliphatic rings. The van der Waals surface area contributed by atoms with Crippen molar-refractivity contribution in [1.29, 1.82) is 0 Å². The lowest BCUT2D eigenvalue weighted by molar-refractivity contribution is 0.505. The molecule has 2 heterocycles. The number of hydrogen-bond donors (Lipinski definition) is 1. The van der Waals surface area contributed by atoms with Crippen LogP contribution in [0, 0.1) is 0 Å². The van der Waals surface area contributed by atoms with Crippen LogP contribution in [0.15, 0.2) is 70.7 Å². The predicted octanol–water partition coefficient (Wildman–Crippen LogP) is 4.86. The van der Waals surface area contributed by atoms with Crippen LogP contribution < -0.4 is 9.99 Å². The predicted molar refractivity (Wildman–Crippen MR) is 109 cm³/mol. The van der Waals surface area contributed by atoms with Gasteiger partial charge in [0.25, 0.3) is 0 Å². The third-order valence-corrected chi connectivity index (χ3v) is 7.70. The molecule has 2 aliphatic heterocycles. The second-order valence-corrected chi connectivity index (χ2v) is 9.66. The third kappa shape index (κ3) is 2.31. The van der Waals surface area contributed by atoms with E-state index in [1.807, 2.05) is 43.4 Å². The van der Waals surface area contributed by atoms with E-state index in [4.69, 9.17) is 0 Å². The van der Waals surface area contributed by atoms with Crippen molar-refractivity contribution in [1.82, 2.24) is 4.78 Å². The zero-order valence-electron chi connectivity index (χ0n) is 15.5. The molecule has 0 saturated heterocycles. The van der Waals surface area contributed by atoms with Gasteiger partial charge < -0.3 is 9.99 Å². The van der Waals surface area contributed by atoms with Crippen LogP contribution in [-0.4, -0.2) is 25.1 Å². The summed E-state index contributed by atoms with van der Waals surface area (Å²) in [5.41, 5.74) is 3.97. The van der Waals surface area contributed by atoms with E-state index in [9.17, 15) is 4.57 Å². The molecule has 5 nitrogen and oxygen atoms in total. The summed E-state index contributed by atoms with van der Waals surface area (Å²) < 4.78 is 15.6. The van der Waals surface area contributed by atoms with Crippen molar-refractivity contribution < 1.29 is 4.57 Å².